The van der Waals surface area contributed by atoms with E-state index in [9.17, 15) is 4.79 Å². The zero-order valence-electron chi connectivity index (χ0n) is 9.17. The molecule has 0 bridgehead atoms. The average molecular weight is 330 g/mol. The van der Waals surface area contributed by atoms with Gasteiger partial charge in [-0.3, -0.25) is 4.79 Å². The van der Waals surface area contributed by atoms with Crippen LogP contribution in [0.15, 0.2) is 34.1 Å². The van der Waals surface area contributed by atoms with Gasteiger partial charge in [-0.25, -0.2) is 0 Å². The summed E-state index contributed by atoms with van der Waals surface area (Å²) in [5.41, 5.74) is 2.09. The first-order valence-electron chi connectivity index (χ1n) is 5.10. The Morgan fingerprint density at radius 2 is 2.00 bits per heavy atom. The molecule has 0 aliphatic heterocycles. The van der Waals surface area contributed by atoms with Crippen molar-refractivity contribution in [2.75, 3.05) is 0 Å². The number of aryl methyl sites for hydroxylation is 1. The molecule has 0 saturated heterocycles. The van der Waals surface area contributed by atoms with Crippen LogP contribution in [0.5, 0.6) is 0 Å². The summed E-state index contributed by atoms with van der Waals surface area (Å²) in [7, 11) is 0. The van der Waals surface area contributed by atoms with E-state index in [1.165, 1.54) is 11.3 Å². The van der Waals surface area contributed by atoms with Crippen molar-refractivity contribution >= 4 is 44.7 Å². The quantitative estimate of drug-likeness (QED) is 0.732. The highest BCUT2D eigenvalue weighted by molar-refractivity contribution is 9.11. The summed E-state index contributed by atoms with van der Waals surface area (Å²) < 4.78 is 1.02. The molecule has 1 aromatic heterocycles. The van der Waals surface area contributed by atoms with Crippen LogP contribution >= 0.6 is 38.9 Å². The molecule has 0 atom stereocenters. The molecule has 1 nitrogen and oxygen atoms in total. The Hall–Kier alpha value is -0.640. The van der Waals surface area contributed by atoms with Crippen molar-refractivity contribution in [2.45, 2.75) is 13.3 Å². The maximum absolute atomic E-state index is 12.0. The number of ketones is 1. The first-order valence-corrected chi connectivity index (χ1v) is 7.08. The number of carbonyl (C=O) groups excluding carboxylic acids is 1. The molecule has 0 N–H and O–H groups in total. The molecule has 0 aliphatic rings. The minimum Gasteiger partial charge on any atom is -0.293 e. The van der Waals surface area contributed by atoms with Gasteiger partial charge in [0, 0.05) is 11.4 Å². The van der Waals surface area contributed by atoms with Crippen molar-refractivity contribution in [3.05, 3.63) is 55.1 Å². The van der Waals surface area contributed by atoms with Crippen LogP contribution in [0.4, 0.5) is 0 Å². The summed E-state index contributed by atoms with van der Waals surface area (Å²) in [5.74, 6) is 0.145. The predicted octanol–water partition coefficient (Wildman–Crippen LogP) is 4.90. The van der Waals surface area contributed by atoms with Gasteiger partial charge in [0.25, 0.3) is 0 Å². The molecule has 1 heterocycles. The molecule has 0 fully saturated rings. The summed E-state index contributed by atoms with van der Waals surface area (Å²) in [4.78, 5) is 12.8. The maximum atomic E-state index is 12.0. The van der Waals surface area contributed by atoms with Gasteiger partial charge < -0.3 is 0 Å². The number of hydrogen-bond donors (Lipinski definition) is 0. The van der Waals surface area contributed by atoms with Crippen LogP contribution in [0.3, 0.4) is 0 Å². The Morgan fingerprint density at radius 1 is 1.35 bits per heavy atom. The number of hydrogen-bond acceptors (Lipinski definition) is 2. The van der Waals surface area contributed by atoms with Gasteiger partial charge in [0.15, 0.2) is 5.78 Å². The van der Waals surface area contributed by atoms with E-state index in [-0.39, 0.29) is 5.78 Å². The zero-order valence-corrected chi connectivity index (χ0v) is 12.3. The summed E-state index contributed by atoms with van der Waals surface area (Å²) >= 11 is 10.7. The molecule has 4 heteroatoms. The van der Waals surface area contributed by atoms with Crippen molar-refractivity contribution in [1.82, 2.24) is 0 Å². The lowest BCUT2D eigenvalue weighted by Crippen LogP contribution is -2.00. The van der Waals surface area contributed by atoms with Gasteiger partial charge in [0.05, 0.1) is 8.66 Å². The van der Waals surface area contributed by atoms with E-state index >= 15 is 0 Å². The Morgan fingerprint density at radius 3 is 2.53 bits per heavy atom. The summed E-state index contributed by atoms with van der Waals surface area (Å²) in [6.07, 6.45) is 0.420. The summed E-state index contributed by atoms with van der Waals surface area (Å²) in [6, 6.07) is 9.30. The van der Waals surface area contributed by atoms with Crippen LogP contribution in [0.25, 0.3) is 0 Å². The Labute approximate surface area is 118 Å². The Kier molecular flexibility index (Phi) is 4.02. The molecule has 0 radical (unpaired) electrons. The summed E-state index contributed by atoms with van der Waals surface area (Å²) in [5, 5.41) is 0.691. The van der Waals surface area contributed by atoms with Crippen molar-refractivity contribution in [3.63, 3.8) is 0 Å². The zero-order chi connectivity index (χ0) is 12.4. The Balaban J connectivity index is 2.14. The molecule has 17 heavy (non-hydrogen) atoms. The third-order valence-electron chi connectivity index (χ3n) is 2.41. The van der Waals surface area contributed by atoms with Crippen LogP contribution in [0.1, 0.15) is 20.8 Å². The molecule has 0 saturated carbocycles. The van der Waals surface area contributed by atoms with Gasteiger partial charge in [-0.05, 0) is 52.2 Å². The molecule has 0 amide bonds. The number of Topliss-reactive ketones (excluding diaryl/α,β-unsaturated/α-hetero) is 1. The fourth-order valence-corrected chi connectivity index (χ4v) is 3.07. The highest BCUT2D eigenvalue weighted by Crippen LogP contribution is 2.28. The second-order valence-corrected chi connectivity index (χ2v) is 6.60. The lowest BCUT2D eigenvalue weighted by molar-refractivity contribution is 0.0997. The summed E-state index contributed by atoms with van der Waals surface area (Å²) in [6.45, 7) is 1.99. The number of carbonyl (C=O) groups is 1. The van der Waals surface area contributed by atoms with Crippen LogP contribution < -0.4 is 0 Å². The molecule has 2 rings (SSSR count). The van der Waals surface area contributed by atoms with Crippen LogP contribution in [0, 0.1) is 6.92 Å². The van der Waals surface area contributed by atoms with E-state index in [1.54, 1.807) is 12.1 Å². The van der Waals surface area contributed by atoms with Crippen molar-refractivity contribution < 1.29 is 4.79 Å². The molecule has 2 aromatic rings. The lowest BCUT2D eigenvalue weighted by Gasteiger charge is -1.99. The monoisotopic (exact) mass is 328 g/mol. The van der Waals surface area contributed by atoms with E-state index in [4.69, 9.17) is 11.6 Å². The van der Waals surface area contributed by atoms with Crippen LogP contribution in [-0.2, 0) is 6.42 Å². The number of thiophene rings is 1. The SMILES string of the molecule is Cc1cc(C(=O)Cc2ccc(Cl)cc2)sc1Br. The largest absolute Gasteiger partial charge is 0.293 e. The fourth-order valence-electron chi connectivity index (χ4n) is 1.47. The topological polar surface area (TPSA) is 17.1 Å². The van der Waals surface area contributed by atoms with Gasteiger partial charge >= 0.3 is 0 Å². The number of halogens is 2. The minimum atomic E-state index is 0.145. The van der Waals surface area contributed by atoms with Gasteiger partial charge in [0.2, 0.25) is 0 Å². The molecule has 0 aliphatic carbocycles. The molecule has 0 unspecified atom stereocenters. The van der Waals surface area contributed by atoms with Crippen LogP contribution in [0.2, 0.25) is 5.02 Å². The van der Waals surface area contributed by atoms with Gasteiger partial charge in [-0.15, -0.1) is 11.3 Å². The highest BCUT2D eigenvalue weighted by atomic mass is 79.9. The third-order valence-corrected chi connectivity index (χ3v) is 4.84. The van der Waals surface area contributed by atoms with E-state index in [2.05, 4.69) is 15.9 Å². The highest BCUT2D eigenvalue weighted by Gasteiger charge is 2.11. The standard InChI is InChI=1S/C13H10BrClOS/c1-8-6-12(17-13(8)14)11(16)7-9-2-4-10(15)5-3-9/h2-6H,7H2,1H3. The molecule has 88 valence electrons. The van der Waals surface area contributed by atoms with Crippen molar-refractivity contribution in [1.29, 1.82) is 0 Å². The Bertz CT molecular complexity index is 526. The normalized spacial score (nSPS) is 10.5. The van der Waals surface area contributed by atoms with Crippen LogP contribution in [-0.4, -0.2) is 5.78 Å². The van der Waals surface area contributed by atoms with Crippen molar-refractivity contribution in [2.24, 2.45) is 0 Å². The van der Waals surface area contributed by atoms with Gasteiger partial charge in [-0.2, -0.15) is 0 Å². The predicted molar refractivity (Wildman–Crippen MR) is 76.2 cm³/mol. The first kappa shape index (κ1) is 12.8. The maximum Gasteiger partial charge on any atom is 0.177 e. The van der Waals surface area contributed by atoms with E-state index in [0.717, 1.165) is 19.8 Å². The minimum absolute atomic E-state index is 0.145. The first-order chi connectivity index (χ1) is 8.06. The lowest BCUT2D eigenvalue weighted by atomic mass is 10.1. The molecular formula is C13H10BrClOS. The van der Waals surface area contributed by atoms with Gasteiger partial charge in [-0.1, -0.05) is 23.7 Å². The third kappa shape index (κ3) is 3.18. The van der Waals surface area contributed by atoms with E-state index in [1.807, 2.05) is 25.1 Å². The second-order valence-electron chi connectivity index (χ2n) is 3.79. The molecule has 1 aromatic carbocycles. The fraction of sp³-hybridized carbons (Fsp3) is 0.154. The molecular weight excluding hydrogens is 320 g/mol. The van der Waals surface area contributed by atoms with E-state index in [0.29, 0.717) is 11.4 Å². The smallest absolute Gasteiger partial charge is 0.177 e. The van der Waals surface area contributed by atoms with Crippen molar-refractivity contribution in [3.8, 4) is 0 Å². The second kappa shape index (κ2) is 5.34. The molecule has 0 spiro atoms. The average Bonchev–Trinajstić information content (AvgIpc) is 2.63. The number of benzene rings is 1. The number of rotatable bonds is 3. The van der Waals surface area contributed by atoms with E-state index < -0.39 is 0 Å². The van der Waals surface area contributed by atoms with Gasteiger partial charge in [0.1, 0.15) is 0 Å².